The number of carbonyl (C=O) groups is 1. The van der Waals surface area contributed by atoms with Gasteiger partial charge in [-0.15, -0.1) is 0 Å². The molecule has 0 spiro atoms. The van der Waals surface area contributed by atoms with Crippen LogP contribution in [0.25, 0.3) is 0 Å². The van der Waals surface area contributed by atoms with Crippen molar-refractivity contribution in [3.63, 3.8) is 0 Å². The van der Waals surface area contributed by atoms with Crippen LogP contribution in [0.1, 0.15) is 38.1 Å². The molecule has 1 atom stereocenters. The fraction of sp³-hybridized carbons (Fsp3) is 0.500. The van der Waals surface area contributed by atoms with Gasteiger partial charge in [-0.25, -0.2) is 4.79 Å². The minimum absolute atomic E-state index is 0.142. The zero-order valence-electron chi connectivity index (χ0n) is 11.4. The van der Waals surface area contributed by atoms with Gasteiger partial charge in [0.05, 0.1) is 16.9 Å². The molecule has 4 nitrogen and oxygen atoms in total. The summed E-state index contributed by atoms with van der Waals surface area (Å²) in [6.45, 7) is 9.45. The maximum atomic E-state index is 11.0. The molecule has 100 valence electrons. The highest BCUT2D eigenvalue weighted by molar-refractivity contribution is 5.97. The van der Waals surface area contributed by atoms with Crippen molar-refractivity contribution in [3.8, 4) is 0 Å². The van der Waals surface area contributed by atoms with E-state index in [1.165, 1.54) is 6.07 Å². The van der Waals surface area contributed by atoms with Crippen LogP contribution in [-0.2, 0) is 0 Å². The summed E-state index contributed by atoms with van der Waals surface area (Å²) >= 11 is 0. The van der Waals surface area contributed by atoms with Crippen LogP contribution in [0.2, 0.25) is 0 Å². The van der Waals surface area contributed by atoms with Gasteiger partial charge in [-0.1, -0.05) is 33.8 Å². The van der Waals surface area contributed by atoms with E-state index in [1.54, 1.807) is 12.1 Å². The van der Waals surface area contributed by atoms with E-state index in [0.717, 1.165) is 6.54 Å². The third-order valence-corrected chi connectivity index (χ3v) is 3.41. The second kappa shape index (κ2) is 5.29. The number of anilines is 2. The van der Waals surface area contributed by atoms with E-state index in [1.807, 2.05) is 0 Å². The molecule has 0 heterocycles. The number of aromatic carboxylic acids is 1. The lowest BCUT2D eigenvalue weighted by Crippen LogP contribution is -2.25. The molecule has 0 amide bonds. The summed E-state index contributed by atoms with van der Waals surface area (Å²) in [4.78, 5) is 11.0. The summed E-state index contributed by atoms with van der Waals surface area (Å²) in [6.07, 6.45) is 0. The van der Waals surface area contributed by atoms with Crippen LogP contribution in [0, 0.1) is 11.3 Å². The van der Waals surface area contributed by atoms with Gasteiger partial charge < -0.3 is 16.2 Å². The van der Waals surface area contributed by atoms with Crippen molar-refractivity contribution in [1.29, 1.82) is 0 Å². The van der Waals surface area contributed by atoms with E-state index in [9.17, 15) is 4.79 Å². The third kappa shape index (κ3) is 3.39. The van der Waals surface area contributed by atoms with Crippen molar-refractivity contribution in [2.24, 2.45) is 11.3 Å². The van der Waals surface area contributed by atoms with Crippen molar-refractivity contribution in [3.05, 3.63) is 23.8 Å². The summed E-state index contributed by atoms with van der Waals surface area (Å²) < 4.78 is 0. The second-order valence-electron chi connectivity index (χ2n) is 5.72. The Kier molecular flexibility index (Phi) is 4.22. The second-order valence-corrected chi connectivity index (χ2v) is 5.72. The summed E-state index contributed by atoms with van der Waals surface area (Å²) in [5, 5.41) is 12.2. The predicted octanol–water partition coefficient (Wildman–Crippen LogP) is 3.06. The highest BCUT2D eigenvalue weighted by Crippen LogP contribution is 2.27. The van der Waals surface area contributed by atoms with Crippen LogP contribution in [0.4, 0.5) is 11.4 Å². The smallest absolute Gasteiger partial charge is 0.337 e. The minimum Gasteiger partial charge on any atom is -0.478 e. The van der Waals surface area contributed by atoms with Gasteiger partial charge in [-0.2, -0.15) is 0 Å². The SMILES string of the molecule is CC(CNc1cccc(C(=O)O)c1N)C(C)(C)C. The molecule has 4 heteroatoms. The molecule has 1 aromatic carbocycles. The van der Waals surface area contributed by atoms with Crippen molar-refractivity contribution >= 4 is 17.3 Å². The maximum Gasteiger partial charge on any atom is 0.337 e. The van der Waals surface area contributed by atoms with Crippen LogP contribution in [0.5, 0.6) is 0 Å². The molecule has 0 aromatic heterocycles. The molecule has 1 rings (SSSR count). The fourth-order valence-electron chi connectivity index (χ4n) is 1.48. The molecule has 1 unspecified atom stereocenters. The molecule has 0 radical (unpaired) electrons. The number of hydrogen-bond acceptors (Lipinski definition) is 3. The summed E-state index contributed by atoms with van der Waals surface area (Å²) in [5.41, 5.74) is 7.16. The lowest BCUT2D eigenvalue weighted by Gasteiger charge is -2.28. The number of hydrogen-bond donors (Lipinski definition) is 3. The molecule has 4 N–H and O–H groups in total. The molecule has 0 fully saturated rings. The van der Waals surface area contributed by atoms with Crippen LogP contribution in [0.3, 0.4) is 0 Å². The summed E-state index contributed by atoms with van der Waals surface area (Å²) in [6, 6.07) is 5.01. The third-order valence-electron chi connectivity index (χ3n) is 3.41. The number of carboxylic acid groups (broad SMARTS) is 1. The first-order valence-corrected chi connectivity index (χ1v) is 6.09. The Morgan fingerprint density at radius 3 is 2.56 bits per heavy atom. The highest BCUT2D eigenvalue weighted by atomic mass is 16.4. The van der Waals surface area contributed by atoms with Gasteiger partial charge in [-0.3, -0.25) is 0 Å². The van der Waals surface area contributed by atoms with Gasteiger partial charge in [0.15, 0.2) is 0 Å². The van der Waals surface area contributed by atoms with Crippen LogP contribution >= 0.6 is 0 Å². The lowest BCUT2D eigenvalue weighted by molar-refractivity contribution is 0.0698. The number of para-hydroxylation sites is 1. The lowest BCUT2D eigenvalue weighted by atomic mass is 9.82. The molecular weight excluding hydrogens is 228 g/mol. The standard InChI is InChI=1S/C14H22N2O2/c1-9(14(2,3)4)8-16-11-7-5-6-10(12(11)15)13(17)18/h5-7,9,16H,8,15H2,1-4H3,(H,17,18). The quantitative estimate of drug-likeness (QED) is 0.718. The van der Waals surface area contributed by atoms with Gasteiger partial charge in [-0.05, 0) is 23.5 Å². The predicted molar refractivity (Wildman–Crippen MR) is 74.9 cm³/mol. The van der Waals surface area contributed by atoms with Crippen LogP contribution in [0.15, 0.2) is 18.2 Å². The Morgan fingerprint density at radius 2 is 2.06 bits per heavy atom. The van der Waals surface area contributed by atoms with Crippen molar-refractivity contribution in [2.75, 3.05) is 17.6 Å². The van der Waals surface area contributed by atoms with Crippen molar-refractivity contribution in [1.82, 2.24) is 0 Å². The molecule has 0 aliphatic carbocycles. The molecule has 18 heavy (non-hydrogen) atoms. The number of carboxylic acids is 1. The zero-order valence-corrected chi connectivity index (χ0v) is 11.4. The molecule has 0 bridgehead atoms. The molecular formula is C14H22N2O2. The van der Waals surface area contributed by atoms with E-state index in [-0.39, 0.29) is 11.0 Å². The number of benzene rings is 1. The number of nitrogens with two attached hydrogens (primary N) is 1. The van der Waals surface area contributed by atoms with Crippen molar-refractivity contribution < 1.29 is 9.90 Å². The van der Waals surface area contributed by atoms with E-state index in [0.29, 0.717) is 17.3 Å². The number of rotatable bonds is 4. The topological polar surface area (TPSA) is 75.3 Å². The maximum absolute atomic E-state index is 11.0. The molecule has 0 saturated carbocycles. The first kappa shape index (κ1) is 14.4. The first-order valence-electron chi connectivity index (χ1n) is 6.09. The fourth-order valence-corrected chi connectivity index (χ4v) is 1.48. The Bertz CT molecular complexity index is 436. The van der Waals surface area contributed by atoms with E-state index in [2.05, 4.69) is 33.0 Å². The van der Waals surface area contributed by atoms with Gasteiger partial charge in [0.1, 0.15) is 0 Å². The Labute approximate surface area is 108 Å². The van der Waals surface area contributed by atoms with Gasteiger partial charge in [0.25, 0.3) is 0 Å². The summed E-state index contributed by atoms with van der Waals surface area (Å²) in [5.74, 6) is -0.551. The average molecular weight is 250 g/mol. The average Bonchev–Trinajstić information content (AvgIpc) is 2.25. The van der Waals surface area contributed by atoms with E-state index in [4.69, 9.17) is 10.8 Å². The zero-order chi connectivity index (χ0) is 13.9. The Hall–Kier alpha value is -1.71. The van der Waals surface area contributed by atoms with Crippen molar-refractivity contribution in [2.45, 2.75) is 27.7 Å². The molecule has 1 aromatic rings. The van der Waals surface area contributed by atoms with E-state index < -0.39 is 5.97 Å². The largest absolute Gasteiger partial charge is 0.478 e. The minimum atomic E-state index is -1.000. The van der Waals surface area contributed by atoms with E-state index >= 15 is 0 Å². The highest BCUT2D eigenvalue weighted by Gasteiger charge is 2.20. The summed E-state index contributed by atoms with van der Waals surface area (Å²) in [7, 11) is 0. The Balaban J connectivity index is 2.81. The molecule has 0 aliphatic rings. The van der Waals surface area contributed by atoms with Gasteiger partial charge in [0.2, 0.25) is 0 Å². The normalized spacial score (nSPS) is 13.1. The molecule has 0 aliphatic heterocycles. The number of nitrogens with one attached hydrogen (secondary N) is 1. The monoisotopic (exact) mass is 250 g/mol. The molecule has 0 saturated heterocycles. The van der Waals surface area contributed by atoms with Crippen LogP contribution < -0.4 is 11.1 Å². The van der Waals surface area contributed by atoms with Crippen LogP contribution in [-0.4, -0.2) is 17.6 Å². The Morgan fingerprint density at radius 1 is 1.44 bits per heavy atom. The van der Waals surface area contributed by atoms with Gasteiger partial charge >= 0.3 is 5.97 Å². The number of nitrogen functional groups attached to an aromatic ring is 1. The first-order chi connectivity index (χ1) is 8.23. The van der Waals surface area contributed by atoms with Gasteiger partial charge in [0, 0.05) is 6.54 Å².